The summed E-state index contributed by atoms with van der Waals surface area (Å²) in [5.74, 6) is -0.709. The number of aliphatic hydroxyl groups excluding tert-OH is 1. The third-order valence-corrected chi connectivity index (χ3v) is 4.64. The first-order chi connectivity index (χ1) is 11.1. The van der Waals surface area contributed by atoms with E-state index < -0.39 is 5.82 Å². The van der Waals surface area contributed by atoms with E-state index in [1.807, 2.05) is 0 Å². The van der Waals surface area contributed by atoms with Gasteiger partial charge in [0, 0.05) is 12.3 Å². The highest BCUT2D eigenvalue weighted by atomic mass is 32.2. The van der Waals surface area contributed by atoms with Crippen molar-refractivity contribution in [1.82, 2.24) is 4.90 Å². The molecule has 1 aliphatic heterocycles. The molecule has 1 aliphatic rings. The Bertz CT molecular complexity index is 613. The Morgan fingerprint density at radius 3 is 2.43 bits per heavy atom. The minimum Gasteiger partial charge on any atom is -0.396 e. The van der Waals surface area contributed by atoms with Gasteiger partial charge in [-0.15, -0.1) is 11.8 Å². The zero-order chi connectivity index (χ0) is 16.8. The quantitative estimate of drug-likeness (QED) is 0.585. The molecule has 0 aliphatic carbocycles. The van der Waals surface area contributed by atoms with Crippen LogP contribution in [0.2, 0.25) is 0 Å². The molecular weight excluding hydrogens is 317 g/mol. The molecule has 0 spiro atoms. The van der Waals surface area contributed by atoms with Crippen molar-refractivity contribution in [3.05, 3.63) is 40.6 Å². The molecule has 23 heavy (non-hydrogen) atoms. The molecule has 0 fully saturated rings. The number of imide groups is 1. The minimum atomic E-state index is -0.393. The molecule has 0 saturated heterocycles. The molecule has 6 heteroatoms. The average Bonchev–Trinajstić information content (AvgIpc) is 2.78. The van der Waals surface area contributed by atoms with Crippen molar-refractivity contribution in [2.24, 2.45) is 0 Å². The number of amides is 2. The van der Waals surface area contributed by atoms with Gasteiger partial charge in [0.2, 0.25) is 0 Å². The standard InChI is InChI=1S/C17H20FNO3S/c1-2-3-4-9-19-16(21)14(12-5-7-13(18)8-6-12)15(17(19)22)23-11-10-20/h5-8,20H,2-4,9-11H2,1H3. The second-order valence-electron chi connectivity index (χ2n) is 5.25. The average molecular weight is 337 g/mol. The maximum absolute atomic E-state index is 13.1. The minimum absolute atomic E-state index is 0.0812. The smallest absolute Gasteiger partial charge is 0.267 e. The molecule has 0 aromatic heterocycles. The number of thioether (sulfide) groups is 1. The number of unbranched alkanes of at least 4 members (excludes halogenated alkanes) is 2. The van der Waals surface area contributed by atoms with Gasteiger partial charge in [-0.2, -0.15) is 0 Å². The first-order valence-electron chi connectivity index (χ1n) is 7.70. The van der Waals surface area contributed by atoms with Gasteiger partial charge < -0.3 is 5.11 Å². The van der Waals surface area contributed by atoms with E-state index in [2.05, 4.69) is 6.92 Å². The summed E-state index contributed by atoms with van der Waals surface area (Å²) in [5, 5.41) is 9.01. The van der Waals surface area contributed by atoms with Crippen LogP contribution in [0.25, 0.3) is 5.57 Å². The summed E-state index contributed by atoms with van der Waals surface area (Å²) in [6.07, 6.45) is 2.71. The molecule has 0 bridgehead atoms. The molecule has 1 aromatic rings. The summed E-state index contributed by atoms with van der Waals surface area (Å²) in [6.45, 7) is 2.36. The monoisotopic (exact) mass is 337 g/mol. The highest BCUT2D eigenvalue weighted by Crippen LogP contribution is 2.36. The molecule has 0 atom stereocenters. The normalized spacial score (nSPS) is 15.0. The number of aliphatic hydroxyl groups is 1. The topological polar surface area (TPSA) is 57.6 Å². The number of carbonyl (C=O) groups excluding carboxylic acids is 2. The number of hydrogen-bond acceptors (Lipinski definition) is 4. The van der Waals surface area contributed by atoms with Gasteiger partial charge in [-0.05, 0) is 24.1 Å². The molecule has 1 aromatic carbocycles. The van der Waals surface area contributed by atoms with E-state index in [0.717, 1.165) is 19.3 Å². The van der Waals surface area contributed by atoms with Gasteiger partial charge in [0.15, 0.2) is 0 Å². The summed E-state index contributed by atoms with van der Waals surface area (Å²) < 4.78 is 13.1. The van der Waals surface area contributed by atoms with E-state index in [0.29, 0.717) is 28.3 Å². The third-order valence-electron chi connectivity index (χ3n) is 3.58. The summed E-state index contributed by atoms with van der Waals surface area (Å²) in [5.41, 5.74) is 0.841. The SMILES string of the molecule is CCCCCN1C(=O)C(SCCO)=C(c2ccc(F)cc2)C1=O. The van der Waals surface area contributed by atoms with Crippen LogP contribution in [0.4, 0.5) is 4.39 Å². The number of hydrogen-bond donors (Lipinski definition) is 1. The second-order valence-corrected chi connectivity index (χ2v) is 6.36. The number of carbonyl (C=O) groups is 2. The summed E-state index contributed by atoms with van der Waals surface area (Å²) >= 11 is 1.17. The molecule has 4 nitrogen and oxygen atoms in total. The summed E-state index contributed by atoms with van der Waals surface area (Å²) in [6, 6.07) is 5.55. The van der Waals surface area contributed by atoms with Crippen molar-refractivity contribution in [2.45, 2.75) is 26.2 Å². The number of benzene rings is 1. The first-order valence-corrected chi connectivity index (χ1v) is 8.68. The van der Waals surface area contributed by atoms with E-state index in [4.69, 9.17) is 5.11 Å². The highest BCUT2D eigenvalue weighted by Gasteiger charge is 2.38. The molecule has 0 unspecified atom stereocenters. The molecule has 124 valence electrons. The molecule has 0 saturated carbocycles. The number of nitrogens with zero attached hydrogens (tertiary/aromatic N) is 1. The summed E-state index contributed by atoms with van der Waals surface area (Å²) in [4.78, 5) is 26.8. The van der Waals surface area contributed by atoms with E-state index in [1.165, 1.54) is 40.9 Å². The van der Waals surface area contributed by atoms with Crippen LogP contribution in [0.3, 0.4) is 0 Å². The van der Waals surface area contributed by atoms with E-state index >= 15 is 0 Å². The Hall–Kier alpha value is -1.66. The van der Waals surface area contributed by atoms with Crippen molar-refractivity contribution >= 4 is 29.1 Å². The van der Waals surface area contributed by atoms with Gasteiger partial charge in [0.25, 0.3) is 11.8 Å². The summed E-state index contributed by atoms with van der Waals surface area (Å²) in [7, 11) is 0. The Morgan fingerprint density at radius 2 is 1.83 bits per heavy atom. The van der Waals surface area contributed by atoms with Crippen LogP contribution < -0.4 is 0 Å². The molecule has 2 rings (SSSR count). The van der Waals surface area contributed by atoms with Crippen molar-refractivity contribution in [3.8, 4) is 0 Å². The molecule has 1 N–H and O–H groups in total. The van der Waals surface area contributed by atoms with Gasteiger partial charge in [0.1, 0.15) is 5.82 Å². The Morgan fingerprint density at radius 1 is 1.13 bits per heavy atom. The first kappa shape index (κ1) is 17.7. The fourth-order valence-corrected chi connectivity index (χ4v) is 3.31. The van der Waals surface area contributed by atoms with Crippen LogP contribution in [0.5, 0.6) is 0 Å². The maximum Gasteiger partial charge on any atom is 0.267 e. The van der Waals surface area contributed by atoms with E-state index in [9.17, 15) is 14.0 Å². The van der Waals surface area contributed by atoms with Crippen LogP contribution in [0, 0.1) is 5.82 Å². The maximum atomic E-state index is 13.1. The highest BCUT2D eigenvalue weighted by molar-refractivity contribution is 8.04. The van der Waals surface area contributed by atoms with Crippen molar-refractivity contribution in [1.29, 1.82) is 0 Å². The fraction of sp³-hybridized carbons (Fsp3) is 0.412. The number of rotatable bonds is 8. The lowest BCUT2D eigenvalue weighted by Crippen LogP contribution is -2.32. The molecule has 2 amide bonds. The van der Waals surface area contributed by atoms with Gasteiger partial charge in [-0.25, -0.2) is 4.39 Å². The second kappa shape index (κ2) is 8.26. The van der Waals surface area contributed by atoms with Crippen LogP contribution in [-0.4, -0.2) is 40.7 Å². The van der Waals surface area contributed by atoms with Crippen molar-refractivity contribution in [2.75, 3.05) is 18.9 Å². The van der Waals surface area contributed by atoms with Crippen LogP contribution in [-0.2, 0) is 9.59 Å². The lowest BCUT2D eigenvalue weighted by atomic mass is 10.1. The van der Waals surface area contributed by atoms with Gasteiger partial charge >= 0.3 is 0 Å². The predicted molar refractivity (Wildman–Crippen MR) is 89.1 cm³/mol. The zero-order valence-corrected chi connectivity index (χ0v) is 13.9. The zero-order valence-electron chi connectivity index (χ0n) is 13.0. The Kier molecular flexibility index (Phi) is 6.36. The van der Waals surface area contributed by atoms with Crippen LogP contribution in [0.1, 0.15) is 31.7 Å². The van der Waals surface area contributed by atoms with Gasteiger partial charge in [-0.1, -0.05) is 31.9 Å². The predicted octanol–water partition coefficient (Wildman–Crippen LogP) is 2.82. The third kappa shape index (κ3) is 4.00. The van der Waals surface area contributed by atoms with Gasteiger partial charge in [0.05, 0.1) is 17.1 Å². The Labute approximate surface area is 139 Å². The lowest BCUT2D eigenvalue weighted by molar-refractivity contribution is -0.136. The lowest BCUT2D eigenvalue weighted by Gasteiger charge is -2.14. The van der Waals surface area contributed by atoms with Crippen molar-refractivity contribution < 1.29 is 19.1 Å². The van der Waals surface area contributed by atoms with E-state index in [-0.39, 0.29) is 18.4 Å². The van der Waals surface area contributed by atoms with Crippen LogP contribution >= 0.6 is 11.8 Å². The molecule has 1 heterocycles. The van der Waals surface area contributed by atoms with Crippen LogP contribution in [0.15, 0.2) is 29.2 Å². The largest absolute Gasteiger partial charge is 0.396 e. The van der Waals surface area contributed by atoms with E-state index in [1.54, 1.807) is 0 Å². The van der Waals surface area contributed by atoms with Crippen molar-refractivity contribution in [3.63, 3.8) is 0 Å². The number of halogens is 1. The molecule has 0 radical (unpaired) electrons. The fourth-order valence-electron chi connectivity index (χ4n) is 2.43. The molecular formula is C17H20FNO3S. The van der Waals surface area contributed by atoms with Gasteiger partial charge in [-0.3, -0.25) is 14.5 Å². The Balaban J connectivity index is 2.31.